The standard InChI is InChI=1S/C22H32N4O3/c1-16-23-20(24-29-16)14-25(5)21(27)17-7-6-8-19(13-17)28-18-9-11-26(12-10-18)15-22(2,3)4/h6-8,13,18H,9-12,14-15H2,1-5H3. The van der Waals surface area contributed by atoms with Gasteiger partial charge in [-0.05, 0) is 36.5 Å². The molecule has 0 bridgehead atoms. The lowest BCUT2D eigenvalue weighted by Crippen LogP contribution is -2.42. The number of ether oxygens (including phenoxy) is 1. The van der Waals surface area contributed by atoms with E-state index in [2.05, 4.69) is 35.8 Å². The highest BCUT2D eigenvalue weighted by Gasteiger charge is 2.24. The Bertz CT molecular complexity index is 819. The zero-order valence-corrected chi connectivity index (χ0v) is 18.1. The molecule has 2 heterocycles. The van der Waals surface area contributed by atoms with Crippen LogP contribution in [0.3, 0.4) is 0 Å². The number of hydrogen-bond acceptors (Lipinski definition) is 6. The zero-order chi connectivity index (χ0) is 21.0. The number of aryl methyl sites for hydroxylation is 1. The van der Waals surface area contributed by atoms with Crippen molar-refractivity contribution in [2.75, 3.05) is 26.7 Å². The van der Waals surface area contributed by atoms with Crippen molar-refractivity contribution in [3.05, 3.63) is 41.5 Å². The van der Waals surface area contributed by atoms with Crippen LogP contribution in [0.25, 0.3) is 0 Å². The van der Waals surface area contributed by atoms with Crippen LogP contribution in [0, 0.1) is 12.3 Å². The maximum absolute atomic E-state index is 12.8. The van der Waals surface area contributed by atoms with Crippen LogP contribution < -0.4 is 4.74 Å². The zero-order valence-electron chi connectivity index (χ0n) is 18.1. The molecular weight excluding hydrogens is 368 g/mol. The fourth-order valence-corrected chi connectivity index (χ4v) is 3.66. The third-order valence-corrected chi connectivity index (χ3v) is 4.91. The number of amides is 1. The van der Waals surface area contributed by atoms with Gasteiger partial charge < -0.3 is 19.1 Å². The van der Waals surface area contributed by atoms with Gasteiger partial charge in [-0.25, -0.2) is 0 Å². The summed E-state index contributed by atoms with van der Waals surface area (Å²) in [7, 11) is 1.73. The number of likely N-dealkylation sites (tertiary alicyclic amines) is 1. The molecule has 1 fully saturated rings. The molecule has 7 heteroatoms. The minimum absolute atomic E-state index is 0.0992. The molecule has 1 aromatic heterocycles. The lowest BCUT2D eigenvalue weighted by Gasteiger charge is -2.36. The van der Waals surface area contributed by atoms with Gasteiger partial charge in [-0.1, -0.05) is 32.0 Å². The number of benzene rings is 1. The first-order chi connectivity index (χ1) is 13.7. The summed E-state index contributed by atoms with van der Waals surface area (Å²) in [5.41, 5.74) is 0.907. The van der Waals surface area contributed by atoms with Crippen molar-refractivity contribution in [3.8, 4) is 5.75 Å². The minimum atomic E-state index is -0.0992. The third kappa shape index (κ3) is 6.29. The van der Waals surface area contributed by atoms with Gasteiger partial charge in [0.25, 0.3) is 5.91 Å². The van der Waals surface area contributed by atoms with Gasteiger partial charge in [0.15, 0.2) is 5.82 Å². The molecular formula is C22H32N4O3. The second-order valence-electron chi connectivity index (χ2n) is 9.07. The fraction of sp³-hybridized carbons (Fsp3) is 0.591. The van der Waals surface area contributed by atoms with Crippen molar-refractivity contribution in [3.63, 3.8) is 0 Å². The number of nitrogens with zero attached hydrogens (tertiary/aromatic N) is 4. The Morgan fingerprint density at radius 3 is 2.66 bits per heavy atom. The van der Waals surface area contributed by atoms with E-state index < -0.39 is 0 Å². The molecule has 7 nitrogen and oxygen atoms in total. The fourth-order valence-electron chi connectivity index (χ4n) is 3.66. The largest absolute Gasteiger partial charge is 0.490 e. The summed E-state index contributed by atoms with van der Waals surface area (Å²) in [6.45, 7) is 12.1. The maximum Gasteiger partial charge on any atom is 0.254 e. The first kappa shape index (κ1) is 21.3. The van der Waals surface area contributed by atoms with Gasteiger partial charge in [-0.15, -0.1) is 0 Å². The molecule has 2 aromatic rings. The molecule has 0 unspecified atom stereocenters. The van der Waals surface area contributed by atoms with Crippen LogP contribution >= 0.6 is 0 Å². The van der Waals surface area contributed by atoms with Crippen molar-refractivity contribution in [1.29, 1.82) is 0 Å². The van der Waals surface area contributed by atoms with E-state index in [1.807, 2.05) is 18.2 Å². The van der Waals surface area contributed by atoms with Crippen molar-refractivity contribution >= 4 is 5.91 Å². The molecule has 1 amide bonds. The summed E-state index contributed by atoms with van der Waals surface area (Å²) in [6.07, 6.45) is 2.20. The summed E-state index contributed by atoms with van der Waals surface area (Å²) < 4.78 is 11.2. The Morgan fingerprint density at radius 1 is 1.31 bits per heavy atom. The van der Waals surface area contributed by atoms with Gasteiger partial charge in [0.05, 0.1) is 6.54 Å². The van der Waals surface area contributed by atoms with Gasteiger partial charge in [-0.3, -0.25) is 4.79 Å². The number of aromatic nitrogens is 2. The number of carbonyl (C=O) groups excluding carboxylic acids is 1. The predicted octanol–water partition coefficient (Wildman–Crippen LogP) is 3.54. The molecule has 29 heavy (non-hydrogen) atoms. The van der Waals surface area contributed by atoms with Crippen LogP contribution in [-0.4, -0.2) is 58.6 Å². The lowest BCUT2D eigenvalue weighted by atomic mass is 9.94. The van der Waals surface area contributed by atoms with Crippen molar-refractivity contribution in [2.45, 2.75) is 53.2 Å². The maximum atomic E-state index is 12.8. The van der Waals surface area contributed by atoms with Crippen molar-refractivity contribution in [1.82, 2.24) is 19.9 Å². The van der Waals surface area contributed by atoms with Gasteiger partial charge in [0, 0.05) is 39.2 Å². The third-order valence-electron chi connectivity index (χ3n) is 4.91. The molecule has 0 aliphatic carbocycles. The van der Waals surface area contributed by atoms with Crippen LogP contribution in [0.4, 0.5) is 0 Å². The highest BCUT2D eigenvalue weighted by Crippen LogP contribution is 2.23. The molecule has 0 radical (unpaired) electrons. The topological polar surface area (TPSA) is 71.7 Å². The summed E-state index contributed by atoms with van der Waals surface area (Å²) in [5.74, 6) is 1.63. The lowest BCUT2D eigenvalue weighted by molar-refractivity contribution is 0.0770. The Kier molecular flexibility index (Phi) is 6.57. The monoisotopic (exact) mass is 400 g/mol. The first-order valence-corrected chi connectivity index (χ1v) is 10.2. The Hall–Kier alpha value is -2.41. The smallest absolute Gasteiger partial charge is 0.254 e. The van der Waals surface area contributed by atoms with Crippen LogP contribution in [0.2, 0.25) is 0 Å². The quantitative estimate of drug-likeness (QED) is 0.739. The summed E-state index contributed by atoms with van der Waals surface area (Å²) in [6, 6.07) is 7.41. The molecule has 0 saturated carbocycles. The summed E-state index contributed by atoms with van der Waals surface area (Å²) >= 11 is 0. The van der Waals surface area contributed by atoms with E-state index in [1.54, 1.807) is 24.9 Å². The average molecular weight is 401 g/mol. The Morgan fingerprint density at radius 2 is 2.03 bits per heavy atom. The van der Waals surface area contributed by atoms with Crippen LogP contribution in [0.1, 0.15) is 55.7 Å². The van der Waals surface area contributed by atoms with Gasteiger partial charge in [0.1, 0.15) is 11.9 Å². The number of carbonyl (C=O) groups is 1. The predicted molar refractivity (Wildman–Crippen MR) is 111 cm³/mol. The molecule has 0 spiro atoms. The van der Waals surface area contributed by atoms with Gasteiger partial charge in [0.2, 0.25) is 5.89 Å². The van der Waals surface area contributed by atoms with E-state index in [0.29, 0.717) is 29.2 Å². The van der Waals surface area contributed by atoms with Gasteiger partial charge in [-0.2, -0.15) is 4.98 Å². The highest BCUT2D eigenvalue weighted by atomic mass is 16.5. The summed E-state index contributed by atoms with van der Waals surface area (Å²) in [5, 5.41) is 3.85. The molecule has 1 aliphatic rings. The Balaban J connectivity index is 1.55. The number of piperidine rings is 1. The normalized spacial score (nSPS) is 16.0. The van der Waals surface area contributed by atoms with E-state index in [-0.39, 0.29) is 12.0 Å². The van der Waals surface area contributed by atoms with E-state index in [1.165, 1.54) is 0 Å². The molecule has 158 valence electrons. The second kappa shape index (κ2) is 8.95. The summed E-state index contributed by atoms with van der Waals surface area (Å²) in [4.78, 5) is 21.0. The van der Waals surface area contributed by atoms with E-state index in [4.69, 9.17) is 9.26 Å². The number of hydrogen-bond donors (Lipinski definition) is 0. The highest BCUT2D eigenvalue weighted by molar-refractivity contribution is 5.94. The van der Waals surface area contributed by atoms with Crippen LogP contribution in [-0.2, 0) is 6.54 Å². The van der Waals surface area contributed by atoms with E-state index >= 15 is 0 Å². The van der Waals surface area contributed by atoms with Crippen molar-refractivity contribution < 1.29 is 14.1 Å². The molecule has 1 aromatic carbocycles. The second-order valence-corrected chi connectivity index (χ2v) is 9.07. The molecule has 3 rings (SSSR count). The van der Waals surface area contributed by atoms with E-state index in [9.17, 15) is 4.79 Å². The number of rotatable bonds is 6. The first-order valence-electron chi connectivity index (χ1n) is 10.2. The molecule has 0 atom stereocenters. The molecule has 0 N–H and O–H groups in total. The Labute approximate surface area is 173 Å². The minimum Gasteiger partial charge on any atom is -0.490 e. The average Bonchev–Trinajstić information content (AvgIpc) is 3.06. The SMILES string of the molecule is Cc1nc(CN(C)C(=O)c2cccc(OC3CCN(CC(C)(C)C)CC3)c2)no1. The molecule has 1 aliphatic heterocycles. The van der Waals surface area contributed by atoms with Crippen LogP contribution in [0.15, 0.2) is 28.8 Å². The van der Waals surface area contributed by atoms with Crippen molar-refractivity contribution in [2.24, 2.45) is 5.41 Å². The molecule has 1 saturated heterocycles. The van der Waals surface area contributed by atoms with Gasteiger partial charge >= 0.3 is 0 Å². The van der Waals surface area contributed by atoms with E-state index in [0.717, 1.165) is 38.2 Å². The van der Waals surface area contributed by atoms with Crippen LogP contribution in [0.5, 0.6) is 5.75 Å².